The van der Waals surface area contributed by atoms with E-state index < -0.39 is 39.1 Å². The van der Waals surface area contributed by atoms with Crippen molar-refractivity contribution in [3.05, 3.63) is 73.3 Å². The summed E-state index contributed by atoms with van der Waals surface area (Å²) in [7, 11) is 0. The molecule has 2 aromatic heterocycles. The van der Waals surface area contributed by atoms with Gasteiger partial charge in [0.25, 0.3) is 5.56 Å². The molecule has 0 bridgehead atoms. The number of aromatic nitrogens is 3. The summed E-state index contributed by atoms with van der Waals surface area (Å²) in [6.07, 6.45) is 1.00. The fourth-order valence-corrected chi connectivity index (χ4v) is 3.07. The lowest BCUT2D eigenvalue weighted by Gasteiger charge is -2.18. The van der Waals surface area contributed by atoms with Gasteiger partial charge in [0.15, 0.2) is 12.0 Å². The molecule has 0 saturated carbocycles. The standard InChI is InChI=1S/C17H11ClF2N4O4/c1-2-22-16(15-10(19)4-3-5-11(15)20)12(6-9(18)17(22)26)23-14(8-25)13(7-21-23)24(27)28/h3-8H,2H2,1H3. The van der Waals surface area contributed by atoms with Crippen LogP contribution < -0.4 is 5.56 Å². The molecule has 0 N–H and O–H groups in total. The smallest absolute Gasteiger partial charge is 0.305 e. The van der Waals surface area contributed by atoms with E-state index in [1.807, 2.05) is 0 Å². The average Bonchev–Trinajstić information content (AvgIpc) is 3.08. The van der Waals surface area contributed by atoms with Crippen LogP contribution in [0.15, 0.2) is 35.3 Å². The molecule has 3 aromatic rings. The number of nitrogens with zero attached hydrogens (tertiary/aromatic N) is 4. The predicted octanol–water partition coefficient (Wildman–Crippen LogP) is 3.37. The fraction of sp³-hybridized carbons (Fsp3) is 0.118. The van der Waals surface area contributed by atoms with Gasteiger partial charge in [-0.15, -0.1) is 0 Å². The van der Waals surface area contributed by atoms with E-state index in [2.05, 4.69) is 5.10 Å². The quantitative estimate of drug-likeness (QED) is 0.366. The molecule has 1 aromatic carbocycles. The zero-order valence-electron chi connectivity index (χ0n) is 14.2. The van der Waals surface area contributed by atoms with Gasteiger partial charge in [-0.05, 0) is 25.1 Å². The summed E-state index contributed by atoms with van der Waals surface area (Å²) >= 11 is 5.97. The Morgan fingerprint density at radius 3 is 2.50 bits per heavy atom. The first-order valence-electron chi connectivity index (χ1n) is 7.87. The van der Waals surface area contributed by atoms with Gasteiger partial charge in [-0.3, -0.25) is 19.7 Å². The van der Waals surface area contributed by atoms with E-state index in [1.54, 1.807) is 6.92 Å². The van der Waals surface area contributed by atoms with Crippen LogP contribution in [0, 0.1) is 21.7 Å². The summed E-state index contributed by atoms with van der Waals surface area (Å²) in [4.78, 5) is 34.2. The van der Waals surface area contributed by atoms with Gasteiger partial charge in [0.2, 0.25) is 0 Å². The number of pyridine rings is 1. The number of aldehydes is 1. The average molecular weight is 409 g/mol. The molecule has 0 aliphatic heterocycles. The van der Waals surface area contributed by atoms with Crippen LogP contribution >= 0.6 is 11.6 Å². The van der Waals surface area contributed by atoms with Crippen molar-refractivity contribution in [1.82, 2.24) is 14.3 Å². The van der Waals surface area contributed by atoms with Crippen LogP contribution in [0.25, 0.3) is 16.9 Å². The number of hydrogen-bond donors (Lipinski definition) is 0. The summed E-state index contributed by atoms with van der Waals surface area (Å²) in [5.41, 5.74) is -2.78. The molecule has 144 valence electrons. The highest BCUT2D eigenvalue weighted by molar-refractivity contribution is 6.30. The lowest BCUT2D eigenvalue weighted by atomic mass is 10.1. The molecular weight excluding hydrogens is 398 g/mol. The minimum Gasteiger partial charge on any atom is -0.305 e. The van der Waals surface area contributed by atoms with Crippen molar-refractivity contribution in [3.63, 3.8) is 0 Å². The number of halogens is 3. The topological polar surface area (TPSA) is 100 Å². The van der Waals surface area contributed by atoms with Crippen LogP contribution in [0.3, 0.4) is 0 Å². The van der Waals surface area contributed by atoms with E-state index in [0.29, 0.717) is 0 Å². The van der Waals surface area contributed by atoms with Gasteiger partial charge in [-0.25, -0.2) is 13.5 Å². The number of carbonyl (C=O) groups is 1. The Morgan fingerprint density at radius 2 is 1.96 bits per heavy atom. The highest BCUT2D eigenvalue weighted by Crippen LogP contribution is 2.33. The Morgan fingerprint density at radius 1 is 1.32 bits per heavy atom. The van der Waals surface area contributed by atoms with E-state index in [0.717, 1.165) is 39.7 Å². The van der Waals surface area contributed by atoms with Gasteiger partial charge in [0.1, 0.15) is 22.9 Å². The van der Waals surface area contributed by atoms with Crippen molar-refractivity contribution >= 4 is 23.6 Å². The Labute approximate surface area is 160 Å². The van der Waals surface area contributed by atoms with Crippen molar-refractivity contribution in [1.29, 1.82) is 0 Å². The molecule has 0 aliphatic rings. The van der Waals surface area contributed by atoms with Gasteiger partial charge in [0.05, 0.1) is 21.9 Å². The molecule has 0 aliphatic carbocycles. The van der Waals surface area contributed by atoms with Crippen LogP contribution in [0.4, 0.5) is 14.5 Å². The molecule has 0 unspecified atom stereocenters. The molecule has 28 heavy (non-hydrogen) atoms. The van der Waals surface area contributed by atoms with E-state index in [-0.39, 0.29) is 29.2 Å². The Kier molecular flexibility index (Phi) is 5.06. The Hall–Kier alpha value is -3.40. The van der Waals surface area contributed by atoms with E-state index >= 15 is 0 Å². The number of hydrogen-bond acceptors (Lipinski definition) is 5. The van der Waals surface area contributed by atoms with E-state index in [4.69, 9.17) is 11.6 Å². The first kappa shape index (κ1) is 19.4. The third-order valence-electron chi connectivity index (χ3n) is 4.06. The van der Waals surface area contributed by atoms with Crippen molar-refractivity contribution in [3.8, 4) is 16.9 Å². The van der Waals surface area contributed by atoms with Crippen LogP contribution in [0.5, 0.6) is 0 Å². The molecule has 11 heteroatoms. The number of carbonyl (C=O) groups excluding carboxylic acids is 1. The molecule has 0 saturated heterocycles. The predicted molar refractivity (Wildman–Crippen MR) is 95.9 cm³/mol. The minimum absolute atomic E-state index is 0.0186. The molecular formula is C17H11ClF2N4O4. The second-order valence-corrected chi connectivity index (χ2v) is 5.98. The van der Waals surface area contributed by atoms with Crippen LogP contribution in [0.1, 0.15) is 17.4 Å². The van der Waals surface area contributed by atoms with E-state index in [1.165, 1.54) is 0 Å². The summed E-state index contributed by atoms with van der Waals surface area (Å²) in [6.45, 7) is 1.53. The molecule has 2 heterocycles. The summed E-state index contributed by atoms with van der Waals surface area (Å²) in [5.74, 6) is -1.95. The molecule has 0 radical (unpaired) electrons. The van der Waals surface area contributed by atoms with Gasteiger partial charge in [0, 0.05) is 6.54 Å². The van der Waals surface area contributed by atoms with Crippen LogP contribution in [-0.2, 0) is 6.54 Å². The maximum atomic E-state index is 14.5. The monoisotopic (exact) mass is 408 g/mol. The largest absolute Gasteiger partial charge is 0.318 e. The third kappa shape index (κ3) is 2.97. The number of nitro groups is 1. The number of benzene rings is 1. The summed E-state index contributed by atoms with van der Waals surface area (Å²) in [6, 6.07) is 4.19. The molecule has 0 spiro atoms. The third-order valence-corrected chi connectivity index (χ3v) is 4.33. The van der Waals surface area contributed by atoms with E-state index in [9.17, 15) is 28.5 Å². The van der Waals surface area contributed by atoms with Crippen molar-refractivity contribution in [2.45, 2.75) is 13.5 Å². The van der Waals surface area contributed by atoms with Gasteiger partial charge < -0.3 is 4.57 Å². The maximum absolute atomic E-state index is 14.5. The lowest BCUT2D eigenvalue weighted by Crippen LogP contribution is -2.24. The van der Waals surface area contributed by atoms with Crippen molar-refractivity contribution in [2.24, 2.45) is 0 Å². The molecule has 0 amide bonds. The SMILES string of the molecule is CCn1c(-c2c(F)cccc2F)c(-n2ncc([N+](=O)[O-])c2C=O)cc(Cl)c1=O. The van der Waals surface area contributed by atoms with Gasteiger partial charge in [-0.2, -0.15) is 5.10 Å². The Bertz CT molecular complexity index is 1150. The second-order valence-electron chi connectivity index (χ2n) is 5.57. The van der Waals surface area contributed by atoms with Gasteiger partial charge >= 0.3 is 5.69 Å². The first-order valence-corrected chi connectivity index (χ1v) is 8.25. The number of rotatable bonds is 5. The van der Waals surface area contributed by atoms with Crippen molar-refractivity contribution in [2.75, 3.05) is 0 Å². The molecule has 3 rings (SSSR count). The molecule has 0 atom stereocenters. The van der Waals surface area contributed by atoms with Crippen LogP contribution in [0.2, 0.25) is 5.02 Å². The molecule has 0 fully saturated rings. The minimum atomic E-state index is -0.973. The Balaban J connectivity index is 2.51. The highest BCUT2D eigenvalue weighted by Gasteiger charge is 2.27. The maximum Gasteiger partial charge on any atom is 0.318 e. The zero-order valence-corrected chi connectivity index (χ0v) is 15.0. The van der Waals surface area contributed by atoms with Gasteiger partial charge in [-0.1, -0.05) is 17.7 Å². The highest BCUT2D eigenvalue weighted by atomic mass is 35.5. The summed E-state index contributed by atoms with van der Waals surface area (Å²) < 4.78 is 30.8. The van der Waals surface area contributed by atoms with Crippen molar-refractivity contribution < 1.29 is 18.5 Å². The van der Waals surface area contributed by atoms with Crippen LogP contribution in [-0.4, -0.2) is 25.6 Å². The zero-order chi connectivity index (χ0) is 20.6. The second kappa shape index (κ2) is 7.31. The summed E-state index contributed by atoms with van der Waals surface area (Å²) in [5, 5.41) is 14.6. The molecule has 8 nitrogen and oxygen atoms in total. The fourth-order valence-electron chi connectivity index (χ4n) is 2.86. The normalized spacial score (nSPS) is 10.9. The lowest BCUT2D eigenvalue weighted by molar-refractivity contribution is -0.385. The first-order chi connectivity index (χ1) is 13.3.